The highest BCUT2D eigenvalue weighted by atomic mass is 15.1. The van der Waals surface area contributed by atoms with Gasteiger partial charge in [-0.3, -0.25) is 0 Å². The number of hydrogen-bond donors (Lipinski definition) is 1. The van der Waals surface area contributed by atoms with Crippen LogP contribution in [0.5, 0.6) is 0 Å². The van der Waals surface area contributed by atoms with E-state index in [0.717, 1.165) is 18.3 Å². The number of piperidine rings is 1. The average molecular weight is 165 g/mol. The van der Waals surface area contributed by atoms with Crippen LogP contribution in [-0.4, -0.2) is 5.54 Å². The Kier molecular flexibility index (Phi) is 1.28. The van der Waals surface area contributed by atoms with Gasteiger partial charge >= 0.3 is 0 Å². The molecule has 1 heterocycles. The lowest BCUT2D eigenvalue weighted by molar-refractivity contribution is 0.366. The Hall–Kier alpha value is -0.460. The molecule has 3 atom stereocenters. The van der Waals surface area contributed by atoms with Crippen LogP contribution in [0.3, 0.4) is 0 Å². The quantitative estimate of drug-likeness (QED) is 0.581. The Balaban J connectivity index is 2.29. The number of rotatable bonds is 0. The summed E-state index contributed by atoms with van der Waals surface area (Å²) in [6.45, 7) is 13.4. The van der Waals surface area contributed by atoms with Gasteiger partial charge in [-0.15, -0.1) is 0 Å². The molecule has 1 nitrogen and oxygen atoms in total. The summed E-state index contributed by atoms with van der Waals surface area (Å²) in [4.78, 5) is 0. The lowest BCUT2D eigenvalue weighted by Crippen LogP contribution is -2.37. The van der Waals surface area contributed by atoms with E-state index >= 15 is 0 Å². The fourth-order valence-electron chi connectivity index (χ4n) is 3.47. The summed E-state index contributed by atoms with van der Waals surface area (Å²) in [5, 5.41) is 3.56. The van der Waals surface area contributed by atoms with Crippen LogP contribution in [0.25, 0.3) is 0 Å². The van der Waals surface area contributed by atoms with E-state index in [1.807, 2.05) is 0 Å². The van der Waals surface area contributed by atoms with Gasteiger partial charge in [-0.25, -0.2) is 0 Å². The first kappa shape index (κ1) is 8.15. The Labute approximate surface area is 75.2 Å². The van der Waals surface area contributed by atoms with Crippen LogP contribution in [0, 0.1) is 17.3 Å². The minimum absolute atomic E-state index is 0.335. The van der Waals surface area contributed by atoms with Crippen LogP contribution in [0.1, 0.15) is 34.1 Å². The van der Waals surface area contributed by atoms with Crippen LogP contribution in [-0.2, 0) is 0 Å². The highest BCUT2D eigenvalue weighted by Crippen LogP contribution is 2.67. The van der Waals surface area contributed by atoms with Gasteiger partial charge in [0, 0.05) is 11.2 Å². The molecule has 0 aromatic heterocycles. The van der Waals surface area contributed by atoms with Crippen molar-refractivity contribution in [3.05, 3.63) is 12.3 Å². The van der Waals surface area contributed by atoms with E-state index in [0.29, 0.717) is 11.0 Å². The maximum atomic E-state index is 4.04. The van der Waals surface area contributed by atoms with Gasteiger partial charge in [-0.05, 0) is 30.6 Å². The van der Waals surface area contributed by atoms with Crippen molar-refractivity contribution in [1.82, 2.24) is 5.32 Å². The first-order chi connectivity index (χ1) is 5.39. The molecule has 2 fully saturated rings. The van der Waals surface area contributed by atoms with E-state index in [9.17, 15) is 0 Å². The van der Waals surface area contributed by atoms with Crippen molar-refractivity contribution in [2.45, 2.75) is 39.7 Å². The number of hydrogen-bond acceptors (Lipinski definition) is 1. The topological polar surface area (TPSA) is 12.0 Å². The Bertz CT molecular complexity index is 241. The zero-order valence-corrected chi connectivity index (χ0v) is 8.57. The van der Waals surface area contributed by atoms with Crippen molar-refractivity contribution in [1.29, 1.82) is 0 Å². The fourth-order valence-corrected chi connectivity index (χ4v) is 3.47. The first-order valence-corrected chi connectivity index (χ1v) is 4.85. The predicted octanol–water partition coefficient (Wildman–Crippen LogP) is 2.54. The van der Waals surface area contributed by atoms with E-state index in [4.69, 9.17) is 0 Å². The molecule has 0 spiro atoms. The molecular weight excluding hydrogens is 146 g/mol. The molecule has 12 heavy (non-hydrogen) atoms. The standard InChI is InChI=1S/C11H19N/c1-7-6-8(2)12-11(5)9(7)10(11,3)4/h7,9,12H,2,6H2,1,3-5H3/t7-,9-,11-/m0/s1. The molecule has 1 N–H and O–H groups in total. The van der Waals surface area contributed by atoms with Crippen LogP contribution >= 0.6 is 0 Å². The van der Waals surface area contributed by atoms with Crippen molar-refractivity contribution in [2.75, 3.05) is 0 Å². The van der Waals surface area contributed by atoms with Gasteiger partial charge in [-0.1, -0.05) is 27.4 Å². The lowest BCUT2D eigenvalue weighted by atomic mass is 9.92. The molecule has 0 aromatic rings. The van der Waals surface area contributed by atoms with Gasteiger partial charge in [0.25, 0.3) is 0 Å². The van der Waals surface area contributed by atoms with E-state index in [2.05, 4.69) is 39.6 Å². The first-order valence-electron chi connectivity index (χ1n) is 4.85. The van der Waals surface area contributed by atoms with E-state index in [-0.39, 0.29) is 0 Å². The molecule has 2 rings (SSSR count). The predicted molar refractivity (Wildman–Crippen MR) is 51.7 cm³/mol. The molecule has 1 heteroatoms. The summed E-state index contributed by atoms with van der Waals surface area (Å²) in [7, 11) is 0. The van der Waals surface area contributed by atoms with Crippen molar-refractivity contribution in [2.24, 2.45) is 17.3 Å². The molecular formula is C11H19N. The molecule has 1 aliphatic heterocycles. The maximum Gasteiger partial charge on any atom is 0.0433 e. The lowest BCUT2D eigenvalue weighted by Gasteiger charge is -2.27. The SMILES string of the molecule is C=C1C[C@H](C)[C@H]2C(C)(C)[C@@]2(C)N1. The molecule has 1 saturated heterocycles. The van der Waals surface area contributed by atoms with Crippen LogP contribution < -0.4 is 5.32 Å². The Morgan fingerprint density at radius 3 is 2.50 bits per heavy atom. The van der Waals surface area contributed by atoms with Gasteiger partial charge in [0.2, 0.25) is 0 Å². The number of allylic oxidation sites excluding steroid dienone is 1. The zero-order valence-electron chi connectivity index (χ0n) is 8.57. The van der Waals surface area contributed by atoms with Crippen molar-refractivity contribution < 1.29 is 0 Å². The summed E-state index contributed by atoms with van der Waals surface area (Å²) in [5.41, 5.74) is 2.03. The minimum Gasteiger partial charge on any atom is -0.383 e. The Morgan fingerprint density at radius 1 is 1.42 bits per heavy atom. The van der Waals surface area contributed by atoms with Crippen LogP contribution in [0.2, 0.25) is 0 Å². The highest BCUT2D eigenvalue weighted by Gasteiger charge is 2.71. The third-order valence-corrected chi connectivity index (χ3v) is 4.23. The molecule has 0 radical (unpaired) electrons. The second-order valence-corrected chi connectivity index (χ2v) is 5.31. The van der Waals surface area contributed by atoms with Crippen LogP contribution in [0.15, 0.2) is 12.3 Å². The Morgan fingerprint density at radius 2 is 2.00 bits per heavy atom. The maximum absolute atomic E-state index is 4.04. The monoisotopic (exact) mass is 165 g/mol. The second kappa shape index (κ2) is 1.89. The van der Waals surface area contributed by atoms with Gasteiger partial charge in [0.15, 0.2) is 0 Å². The van der Waals surface area contributed by atoms with Gasteiger partial charge in [-0.2, -0.15) is 0 Å². The average Bonchev–Trinajstić information content (AvgIpc) is 2.24. The van der Waals surface area contributed by atoms with E-state index < -0.39 is 0 Å². The van der Waals surface area contributed by atoms with Crippen LogP contribution in [0.4, 0.5) is 0 Å². The highest BCUT2D eigenvalue weighted by molar-refractivity contribution is 5.29. The summed E-state index contributed by atoms with van der Waals surface area (Å²) in [6, 6.07) is 0. The molecule has 0 aromatic carbocycles. The van der Waals surface area contributed by atoms with Crippen molar-refractivity contribution in [3.63, 3.8) is 0 Å². The summed E-state index contributed by atoms with van der Waals surface area (Å²) < 4.78 is 0. The molecule has 2 aliphatic rings. The molecule has 1 aliphatic carbocycles. The minimum atomic E-state index is 0.335. The summed E-state index contributed by atoms with van der Waals surface area (Å²) >= 11 is 0. The molecule has 1 saturated carbocycles. The van der Waals surface area contributed by atoms with Gasteiger partial charge < -0.3 is 5.32 Å². The van der Waals surface area contributed by atoms with Crippen molar-refractivity contribution >= 4 is 0 Å². The summed E-state index contributed by atoms with van der Waals surface area (Å²) in [6.07, 6.45) is 1.16. The molecule has 68 valence electrons. The number of fused-ring (bicyclic) bond motifs is 1. The largest absolute Gasteiger partial charge is 0.383 e. The molecule has 0 bridgehead atoms. The fraction of sp³-hybridized carbons (Fsp3) is 0.818. The third kappa shape index (κ3) is 0.699. The summed E-state index contributed by atoms with van der Waals surface area (Å²) in [5.74, 6) is 1.65. The molecule has 0 amide bonds. The normalized spacial score (nSPS) is 49.5. The van der Waals surface area contributed by atoms with Crippen molar-refractivity contribution in [3.8, 4) is 0 Å². The van der Waals surface area contributed by atoms with Gasteiger partial charge in [0.1, 0.15) is 0 Å². The third-order valence-electron chi connectivity index (χ3n) is 4.23. The second-order valence-electron chi connectivity index (χ2n) is 5.31. The van der Waals surface area contributed by atoms with E-state index in [1.165, 1.54) is 5.70 Å². The smallest absolute Gasteiger partial charge is 0.0433 e. The number of nitrogens with one attached hydrogen (secondary N) is 1. The van der Waals surface area contributed by atoms with Gasteiger partial charge in [0.05, 0.1) is 0 Å². The van der Waals surface area contributed by atoms with E-state index in [1.54, 1.807) is 0 Å². The molecule has 0 unspecified atom stereocenters. The zero-order chi connectivity index (χ0) is 9.15.